The maximum absolute atomic E-state index is 11.3. The van der Waals surface area contributed by atoms with Crippen LogP contribution in [0, 0.1) is 11.8 Å². The Morgan fingerprint density at radius 2 is 1.93 bits per heavy atom. The molecule has 1 N–H and O–H groups in total. The molecule has 0 atom stereocenters. The lowest BCUT2D eigenvalue weighted by Gasteiger charge is -1.94. The van der Waals surface area contributed by atoms with Gasteiger partial charge in [0.1, 0.15) is 0 Å². The van der Waals surface area contributed by atoms with Crippen molar-refractivity contribution in [3.05, 3.63) is 34.9 Å². The third-order valence-corrected chi connectivity index (χ3v) is 2.17. The third-order valence-electron chi connectivity index (χ3n) is 2.04. The van der Waals surface area contributed by atoms with Gasteiger partial charge in [0.2, 0.25) is 0 Å². The van der Waals surface area contributed by atoms with Crippen LogP contribution in [0.1, 0.15) is 26.3 Å². The second-order valence-electron chi connectivity index (χ2n) is 2.98. The molecule has 2 rings (SSSR count). The number of hydrogen-bond donors (Lipinski definition) is 1. The highest BCUT2D eigenvalue weighted by atomic mass is 35.5. The predicted octanol–water partition coefficient (Wildman–Crippen LogP) is 1.16. The Kier molecular flexibility index (Phi) is 2.44. The molecule has 1 aliphatic rings. The average molecular weight is 220 g/mol. The number of imide groups is 1. The van der Waals surface area contributed by atoms with Crippen molar-refractivity contribution in [2.24, 2.45) is 0 Å². The van der Waals surface area contributed by atoms with E-state index in [1.807, 2.05) is 0 Å². The fourth-order valence-corrected chi connectivity index (χ4v) is 1.45. The molecule has 0 aliphatic carbocycles. The Balaban J connectivity index is 2.47. The van der Waals surface area contributed by atoms with E-state index in [9.17, 15) is 9.59 Å². The monoisotopic (exact) mass is 219 g/mol. The van der Waals surface area contributed by atoms with Crippen LogP contribution < -0.4 is 5.32 Å². The number of amides is 2. The molecule has 0 saturated carbocycles. The van der Waals surface area contributed by atoms with Crippen molar-refractivity contribution in [2.45, 2.75) is 0 Å². The zero-order chi connectivity index (χ0) is 10.8. The summed E-state index contributed by atoms with van der Waals surface area (Å²) < 4.78 is 0. The smallest absolute Gasteiger partial charge is 0.258 e. The van der Waals surface area contributed by atoms with Crippen LogP contribution in [-0.2, 0) is 0 Å². The molecule has 74 valence electrons. The Labute approximate surface area is 91.4 Å². The molecule has 1 aliphatic heterocycles. The molecule has 1 aromatic carbocycles. The molecule has 0 fully saturated rings. The van der Waals surface area contributed by atoms with Crippen LogP contribution in [0.25, 0.3) is 0 Å². The van der Waals surface area contributed by atoms with Gasteiger partial charge in [-0.15, -0.1) is 11.6 Å². The summed E-state index contributed by atoms with van der Waals surface area (Å²) in [6.07, 6.45) is 0. The molecule has 1 heterocycles. The number of benzene rings is 1. The van der Waals surface area contributed by atoms with E-state index in [2.05, 4.69) is 17.2 Å². The summed E-state index contributed by atoms with van der Waals surface area (Å²) in [7, 11) is 0. The van der Waals surface area contributed by atoms with Gasteiger partial charge >= 0.3 is 0 Å². The van der Waals surface area contributed by atoms with E-state index in [0.29, 0.717) is 16.7 Å². The summed E-state index contributed by atoms with van der Waals surface area (Å²) in [6, 6.07) is 4.87. The number of rotatable bonds is 0. The number of carbonyl (C=O) groups is 2. The first-order valence-electron chi connectivity index (χ1n) is 4.27. The van der Waals surface area contributed by atoms with Gasteiger partial charge in [-0.25, -0.2) is 0 Å². The molecule has 0 unspecified atom stereocenters. The molecule has 0 radical (unpaired) electrons. The van der Waals surface area contributed by atoms with Crippen LogP contribution in [0.2, 0.25) is 0 Å². The van der Waals surface area contributed by atoms with Crippen molar-refractivity contribution >= 4 is 23.4 Å². The molecule has 2 amide bonds. The maximum Gasteiger partial charge on any atom is 0.258 e. The maximum atomic E-state index is 11.3. The van der Waals surface area contributed by atoms with Crippen molar-refractivity contribution in [3.63, 3.8) is 0 Å². The molecule has 0 aromatic heterocycles. The summed E-state index contributed by atoms with van der Waals surface area (Å²) >= 11 is 5.41. The minimum Gasteiger partial charge on any atom is -0.288 e. The van der Waals surface area contributed by atoms with Crippen LogP contribution in [0.3, 0.4) is 0 Å². The molecule has 0 spiro atoms. The Morgan fingerprint density at radius 3 is 2.67 bits per heavy atom. The fraction of sp³-hybridized carbons (Fsp3) is 0.0909. The standard InChI is InChI=1S/C11H6ClNO2/c12-5-1-2-7-3-4-8-9(6-7)11(15)13-10(8)14/h3-4,6H,5H2,(H,13,14,15). The van der Waals surface area contributed by atoms with Crippen molar-refractivity contribution < 1.29 is 9.59 Å². The summed E-state index contributed by atoms with van der Waals surface area (Å²) in [5.74, 6) is 4.98. The number of halogens is 1. The number of nitrogens with one attached hydrogen (secondary N) is 1. The lowest BCUT2D eigenvalue weighted by molar-refractivity contribution is 0.0879. The highest BCUT2D eigenvalue weighted by Gasteiger charge is 2.26. The number of hydrogen-bond acceptors (Lipinski definition) is 2. The SMILES string of the molecule is O=C1NC(=O)c2cc(C#CCCl)ccc21. The van der Waals surface area contributed by atoms with Gasteiger partial charge in [-0.1, -0.05) is 11.8 Å². The number of alkyl halides is 1. The summed E-state index contributed by atoms with van der Waals surface area (Å²) in [5, 5.41) is 2.21. The second-order valence-corrected chi connectivity index (χ2v) is 3.25. The van der Waals surface area contributed by atoms with Gasteiger partial charge < -0.3 is 0 Å². The van der Waals surface area contributed by atoms with Gasteiger partial charge in [0, 0.05) is 5.56 Å². The van der Waals surface area contributed by atoms with Crippen LogP contribution in [-0.4, -0.2) is 17.7 Å². The largest absolute Gasteiger partial charge is 0.288 e. The topological polar surface area (TPSA) is 46.2 Å². The lowest BCUT2D eigenvalue weighted by Crippen LogP contribution is -2.19. The Morgan fingerprint density at radius 1 is 1.20 bits per heavy atom. The number of carbonyl (C=O) groups excluding carboxylic acids is 2. The summed E-state index contributed by atoms with van der Waals surface area (Å²) in [4.78, 5) is 22.5. The normalized spacial score (nSPS) is 12.9. The van der Waals surface area contributed by atoms with Crippen molar-refractivity contribution in [2.75, 3.05) is 5.88 Å². The minimum atomic E-state index is -0.371. The zero-order valence-corrected chi connectivity index (χ0v) is 8.39. The zero-order valence-electron chi connectivity index (χ0n) is 7.63. The van der Waals surface area contributed by atoms with E-state index >= 15 is 0 Å². The highest BCUT2D eigenvalue weighted by molar-refractivity contribution is 6.21. The highest BCUT2D eigenvalue weighted by Crippen LogP contribution is 2.16. The molecular formula is C11H6ClNO2. The van der Waals surface area contributed by atoms with Crippen molar-refractivity contribution in [1.29, 1.82) is 0 Å². The molecule has 1 aromatic rings. The number of fused-ring (bicyclic) bond motifs is 1. The first kappa shape index (κ1) is 9.75. The molecule has 0 saturated heterocycles. The van der Waals surface area contributed by atoms with E-state index in [1.54, 1.807) is 18.2 Å². The molecule has 4 heteroatoms. The second kappa shape index (κ2) is 3.76. The van der Waals surface area contributed by atoms with Crippen LogP contribution >= 0.6 is 11.6 Å². The van der Waals surface area contributed by atoms with E-state index < -0.39 is 0 Å². The van der Waals surface area contributed by atoms with Crippen molar-refractivity contribution in [1.82, 2.24) is 5.32 Å². The predicted molar refractivity (Wildman–Crippen MR) is 55.8 cm³/mol. The quantitative estimate of drug-likeness (QED) is 0.404. The van der Waals surface area contributed by atoms with Crippen LogP contribution in [0.5, 0.6) is 0 Å². The molecule has 15 heavy (non-hydrogen) atoms. The van der Waals surface area contributed by atoms with Gasteiger partial charge in [0.25, 0.3) is 11.8 Å². The van der Waals surface area contributed by atoms with E-state index in [0.717, 1.165) is 0 Å². The molecular weight excluding hydrogens is 214 g/mol. The van der Waals surface area contributed by atoms with E-state index in [4.69, 9.17) is 11.6 Å². The van der Waals surface area contributed by atoms with Gasteiger partial charge in [0.15, 0.2) is 0 Å². The third kappa shape index (κ3) is 1.72. The molecule has 0 bridgehead atoms. The van der Waals surface area contributed by atoms with Gasteiger partial charge in [-0.2, -0.15) is 0 Å². The molecule has 3 nitrogen and oxygen atoms in total. The van der Waals surface area contributed by atoms with Gasteiger partial charge in [-0.3, -0.25) is 14.9 Å². The first-order chi connectivity index (χ1) is 7.22. The van der Waals surface area contributed by atoms with Gasteiger partial charge in [-0.05, 0) is 18.2 Å². The van der Waals surface area contributed by atoms with Gasteiger partial charge in [0.05, 0.1) is 17.0 Å². The fourth-order valence-electron chi connectivity index (χ4n) is 1.38. The minimum absolute atomic E-state index is 0.238. The Bertz CT molecular complexity index is 511. The lowest BCUT2D eigenvalue weighted by atomic mass is 10.1. The van der Waals surface area contributed by atoms with E-state index in [1.165, 1.54) is 0 Å². The first-order valence-corrected chi connectivity index (χ1v) is 4.80. The Hall–Kier alpha value is -1.79. The summed E-state index contributed by atoms with van der Waals surface area (Å²) in [5.41, 5.74) is 1.46. The average Bonchev–Trinajstić information content (AvgIpc) is 2.52. The van der Waals surface area contributed by atoms with E-state index in [-0.39, 0.29) is 17.7 Å². The van der Waals surface area contributed by atoms with Crippen LogP contribution in [0.15, 0.2) is 18.2 Å². The van der Waals surface area contributed by atoms with Crippen LogP contribution in [0.4, 0.5) is 0 Å². The summed E-state index contributed by atoms with van der Waals surface area (Å²) in [6.45, 7) is 0. The van der Waals surface area contributed by atoms with Crippen molar-refractivity contribution in [3.8, 4) is 11.8 Å².